The van der Waals surface area contributed by atoms with Crippen LogP contribution in [0.3, 0.4) is 0 Å². The first-order valence-electron chi connectivity index (χ1n) is 21.0. The highest BCUT2D eigenvalue weighted by Gasteiger charge is 2.44. The summed E-state index contributed by atoms with van der Waals surface area (Å²) in [4.78, 5) is 25.2. The molecule has 0 aromatic rings. The van der Waals surface area contributed by atoms with Gasteiger partial charge in [-0.3, -0.25) is 9.59 Å². The van der Waals surface area contributed by atoms with Gasteiger partial charge in [-0.25, -0.2) is 0 Å². The Hall–Kier alpha value is -3.64. The van der Waals surface area contributed by atoms with Gasteiger partial charge in [-0.1, -0.05) is 123 Å². The van der Waals surface area contributed by atoms with E-state index in [1.165, 1.54) is 0 Å². The van der Waals surface area contributed by atoms with Gasteiger partial charge in [0.15, 0.2) is 12.4 Å². The predicted molar refractivity (Wildman–Crippen MR) is 228 cm³/mol. The van der Waals surface area contributed by atoms with Gasteiger partial charge < -0.3 is 39.4 Å². The van der Waals surface area contributed by atoms with Gasteiger partial charge in [0, 0.05) is 12.8 Å². The van der Waals surface area contributed by atoms with Crippen molar-refractivity contribution in [2.45, 2.75) is 153 Å². The molecular formula is C47H72O10. The Kier molecular flexibility index (Phi) is 33.1. The van der Waals surface area contributed by atoms with Crippen molar-refractivity contribution >= 4 is 11.9 Å². The van der Waals surface area contributed by atoms with Gasteiger partial charge in [0.2, 0.25) is 0 Å². The molecule has 6 atom stereocenters. The van der Waals surface area contributed by atoms with E-state index in [0.717, 1.165) is 70.6 Å². The molecule has 57 heavy (non-hydrogen) atoms. The van der Waals surface area contributed by atoms with Crippen molar-refractivity contribution in [1.82, 2.24) is 0 Å². The van der Waals surface area contributed by atoms with Crippen molar-refractivity contribution in [1.29, 1.82) is 0 Å². The molecule has 1 fully saturated rings. The van der Waals surface area contributed by atoms with Crippen LogP contribution in [0.5, 0.6) is 0 Å². The molecular weight excluding hydrogens is 725 g/mol. The van der Waals surface area contributed by atoms with Gasteiger partial charge in [0.05, 0.1) is 13.2 Å². The third kappa shape index (κ3) is 28.4. The number of allylic oxidation sites excluding steroid dienone is 18. The standard InChI is InChI=1S/C47H72O10/c1-3-5-7-9-11-13-15-17-19-20-22-23-25-27-29-31-33-35-42(49)54-38-40(39-55-47-46(53)45(52)44(51)41(37-48)57-47)56-43(50)36-34-32-30-28-26-24-21-18-16-14-12-10-8-6-4-2/h5-8,11-14,17-19,21-23,26-29,40-41,44-48,51-53H,3-4,9-10,15-16,20,24-25,30-39H2,1-2H3. The second-order valence-electron chi connectivity index (χ2n) is 13.7. The van der Waals surface area contributed by atoms with Gasteiger partial charge in [0.25, 0.3) is 0 Å². The number of carbonyl (C=O) groups is 2. The number of unbranched alkanes of at least 4 members (excludes halogenated alkanes) is 3. The molecule has 4 N–H and O–H groups in total. The number of rotatable bonds is 32. The van der Waals surface area contributed by atoms with Gasteiger partial charge >= 0.3 is 11.9 Å². The number of aliphatic hydroxyl groups excluding tert-OH is 4. The lowest BCUT2D eigenvalue weighted by Crippen LogP contribution is -2.59. The van der Waals surface area contributed by atoms with Gasteiger partial charge in [-0.15, -0.1) is 0 Å². The fraction of sp³-hybridized carbons (Fsp3) is 0.574. The van der Waals surface area contributed by atoms with Crippen molar-refractivity contribution in [2.75, 3.05) is 19.8 Å². The molecule has 0 aromatic carbocycles. The van der Waals surface area contributed by atoms with Gasteiger partial charge in [0.1, 0.15) is 31.0 Å². The SMILES string of the molecule is CCC=CCC=CCC=CCC=CCC=CCCCC(=O)OCC(COC1OC(CO)C(O)C(O)C1O)OC(=O)CCCCC=CCC=CCC=CCC=CCC. The molecule has 0 aliphatic carbocycles. The van der Waals surface area contributed by atoms with Crippen LogP contribution in [-0.4, -0.2) is 89.0 Å². The molecule has 1 heterocycles. The quantitative estimate of drug-likeness (QED) is 0.0296. The smallest absolute Gasteiger partial charge is 0.306 e. The van der Waals surface area contributed by atoms with Crippen molar-refractivity contribution in [3.8, 4) is 0 Å². The topological polar surface area (TPSA) is 152 Å². The first-order chi connectivity index (χ1) is 27.8. The summed E-state index contributed by atoms with van der Waals surface area (Å²) in [7, 11) is 0. The number of ether oxygens (including phenoxy) is 4. The van der Waals surface area contributed by atoms with E-state index in [1.807, 2.05) is 6.08 Å². The summed E-state index contributed by atoms with van der Waals surface area (Å²) in [5.74, 6) is -0.939. The summed E-state index contributed by atoms with van der Waals surface area (Å²) in [5.41, 5.74) is 0. The van der Waals surface area contributed by atoms with Crippen LogP contribution in [0.2, 0.25) is 0 Å². The number of hydrogen-bond donors (Lipinski definition) is 4. The monoisotopic (exact) mass is 797 g/mol. The summed E-state index contributed by atoms with van der Waals surface area (Å²) in [6, 6.07) is 0. The molecule has 0 radical (unpaired) electrons. The zero-order valence-electron chi connectivity index (χ0n) is 34.5. The summed E-state index contributed by atoms with van der Waals surface area (Å²) in [5, 5.41) is 40.0. The molecule has 10 nitrogen and oxygen atoms in total. The third-order valence-corrected chi connectivity index (χ3v) is 8.65. The van der Waals surface area contributed by atoms with E-state index in [1.54, 1.807) is 0 Å². The number of carbonyl (C=O) groups excluding carboxylic acids is 2. The van der Waals surface area contributed by atoms with Crippen molar-refractivity contribution < 1.29 is 49.0 Å². The van der Waals surface area contributed by atoms with E-state index in [-0.39, 0.29) is 26.1 Å². The Bertz CT molecular complexity index is 1290. The lowest BCUT2D eigenvalue weighted by molar-refractivity contribution is -0.305. The van der Waals surface area contributed by atoms with Crippen LogP contribution in [0.1, 0.15) is 117 Å². The minimum atomic E-state index is -1.62. The molecule has 10 heteroatoms. The molecule has 1 aliphatic rings. The molecule has 0 spiro atoms. The first kappa shape index (κ1) is 51.4. The zero-order chi connectivity index (χ0) is 41.6. The maximum Gasteiger partial charge on any atom is 0.306 e. The van der Waals surface area contributed by atoms with Crippen LogP contribution in [-0.2, 0) is 28.5 Å². The molecule has 320 valence electrons. The normalized spacial score (nSPS) is 21.4. The maximum absolute atomic E-state index is 12.7. The van der Waals surface area contributed by atoms with E-state index in [2.05, 4.69) is 117 Å². The van der Waals surface area contributed by atoms with Crippen LogP contribution in [0, 0.1) is 0 Å². The van der Waals surface area contributed by atoms with Crippen LogP contribution < -0.4 is 0 Å². The Balaban J connectivity index is 2.45. The summed E-state index contributed by atoms with van der Waals surface area (Å²) in [6.45, 7) is 3.06. The van der Waals surface area contributed by atoms with E-state index in [4.69, 9.17) is 18.9 Å². The van der Waals surface area contributed by atoms with E-state index < -0.39 is 55.4 Å². The average molecular weight is 797 g/mol. The van der Waals surface area contributed by atoms with Gasteiger partial charge in [-0.05, 0) is 89.9 Å². The van der Waals surface area contributed by atoms with Gasteiger partial charge in [-0.2, -0.15) is 0 Å². The fourth-order valence-corrected chi connectivity index (χ4v) is 5.39. The summed E-state index contributed by atoms with van der Waals surface area (Å²) >= 11 is 0. The van der Waals surface area contributed by atoms with Crippen molar-refractivity contribution in [3.05, 3.63) is 109 Å². The van der Waals surface area contributed by atoms with Crippen LogP contribution in [0.25, 0.3) is 0 Å². The maximum atomic E-state index is 12.7. The predicted octanol–water partition coefficient (Wildman–Crippen LogP) is 8.55. The number of hydrogen-bond acceptors (Lipinski definition) is 10. The van der Waals surface area contributed by atoms with E-state index in [0.29, 0.717) is 19.3 Å². The molecule has 0 aromatic heterocycles. The van der Waals surface area contributed by atoms with E-state index in [9.17, 15) is 30.0 Å². The number of aliphatic hydroxyl groups is 4. The minimum absolute atomic E-state index is 0.158. The second-order valence-corrected chi connectivity index (χ2v) is 13.7. The van der Waals surface area contributed by atoms with Crippen LogP contribution in [0.4, 0.5) is 0 Å². The summed E-state index contributed by atoms with van der Waals surface area (Å²) in [6.07, 6.45) is 42.5. The second kappa shape index (κ2) is 36.7. The molecule has 6 unspecified atom stereocenters. The molecule has 0 amide bonds. The molecule has 1 aliphatic heterocycles. The Morgan fingerprint density at radius 1 is 0.544 bits per heavy atom. The van der Waals surface area contributed by atoms with E-state index >= 15 is 0 Å². The van der Waals surface area contributed by atoms with Crippen molar-refractivity contribution in [3.63, 3.8) is 0 Å². The lowest BCUT2D eigenvalue weighted by atomic mass is 9.99. The molecule has 0 bridgehead atoms. The van der Waals surface area contributed by atoms with Crippen LogP contribution >= 0.6 is 0 Å². The molecule has 0 saturated carbocycles. The highest BCUT2D eigenvalue weighted by Crippen LogP contribution is 2.22. The highest BCUT2D eigenvalue weighted by molar-refractivity contribution is 5.70. The zero-order valence-corrected chi connectivity index (χ0v) is 34.5. The van der Waals surface area contributed by atoms with Crippen LogP contribution in [0.15, 0.2) is 109 Å². The highest BCUT2D eigenvalue weighted by atomic mass is 16.7. The first-order valence-corrected chi connectivity index (χ1v) is 21.0. The Morgan fingerprint density at radius 3 is 1.46 bits per heavy atom. The third-order valence-electron chi connectivity index (χ3n) is 8.65. The molecule has 1 rings (SSSR count). The lowest BCUT2D eigenvalue weighted by Gasteiger charge is -2.39. The largest absolute Gasteiger partial charge is 0.462 e. The Labute approximate surface area is 342 Å². The Morgan fingerprint density at radius 2 is 0.982 bits per heavy atom. The average Bonchev–Trinajstić information content (AvgIpc) is 3.21. The fourth-order valence-electron chi connectivity index (χ4n) is 5.39. The number of esters is 2. The minimum Gasteiger partial charge on any atom is -0.462 e. The van der Waals surface area contributed by atoms with Crippen molar-refractivity contribution in [2.24, 2.45) is 0 Å². The molecule has 1 saturated heterocycles. The summed E-state index contributed by atoms with van der Waals surface area (Å²) < 4.78 is 22.0.